The summed E-state index contributed by atoms with van der Waals surface area (Å²) in [5.41, 5.74) is 8.16. The number of aromatic hydroxyl groups is 1. The van der Waals surface area contributed by atoms with Gasteiger partial charge in [-0.2, -0.15) is 5.26 Å². The van der Waals surface area contributed by atoms with Gasteiger partial charge in [0.05, 0.1) is 16.1 Å². The molecule has 0 radical (unpaired) electrons. The number of hydrogen-bond acceptors (Lipinski definition) is 6. The number of halogens is 2. The summed E-state index contributed by atoms with van der Waals surface area (Å²) in [7, 11) is 0. The molecule has 0 aromatic heterocycles. The van der Waals surface area contributed by atoms with E-state index in [0.29, 0.717) is 35.0 Å². The number of nitrogens with two attached hydrogens (primary N) is 1. The van der Waals surface area contributed by atoms with Crippen LogP contribution in [0.1, 0.15) is 29.5 Å². The van der Waals surface area contributed by atoms with Crippen molar-refractivity contribution in [2.24, 2.45) is 5.73 Å². The molecule has 1 heterocycles. The number of nitrogens with zero attached hydrogens (tertiary/aromatic N) is 1. The lowest BCUT2D eigenvalue weighted by molar-refractivity contribution is 0.263. The first kappa shape index (κ1) is 22.7. The molecule has 1 aliphatic heterocycles. The molecule has 0 spiro atoms. The summed E-state index contributed by atoms with van der Waals surface area (Å²) in [4.78, 5) is 0. The Morgan fingerprint density at radius 3 is 2.70 bits per heavy atom. The van der Waals surface area contributed by atoms with E-state index in [4.69, 9.17) is 19.9 Å². The fraction of sp³-hybridized carbons (Fsp3) is 0.160. The van der Waals surface area contributed by atoms with Crippen LogP contribution in [-0.2, 0) is 6.61 Å². The molecule has 0 saturated carbocycles. The molecule has 0 aliphatic carbocycles. The molecule has 8 heteroatoms. The Balaban J connectivity index is 1.77. The average molecular weight is 558 g/mol. The van der Waals surface area contributed by atoms with Crippen LogP contribution < -0.4 is 19.9 Å². The first-order chi connectivity index (χ1) is 15.9. The van der Waals surface area contributed by atoms with Gasteiger partial charge in [0.2, 0.25) is 5.88 Å². The number of benzene rings is 3. The Bertz CT molecular complexity index is 1290. The smallest absolute Gasteiger partial charge is 0.205 e. The van der Waals surface area contributed by atoms with Gasteiger partial charge in [0, 0.05) is 17.2 Å². The highest BCUT2D eigenvalue weighted by Crippen LogP contribution is 2.46. The predicted molar refractivity (Wildman–Crippen MR) is 128 cm³/mol. The van der Waals surface area contributed by atoms with Gasteiger partial charge in [-0.3, -0.25) is 0 Å². The number of phenols is 1. The van der Waals surface area contributed by atoms with Gasteiger partial charge >= 0.3 is 0 Å². The van der Waals surface area contributed by atoms with Gasteiger partial charge in [-0.15, -0.1) is 0 Å². The number of hydrogen-bond donors (Lipinski definition) is 2. The summed E-state index contributed by atoms with van der Waals surface area (Å²) in [6, 6.07) is 16.9. The quantitative estimate of drug-likeness (QED) is 0.397. The summed E-state index contributed by atoms with van der Waals surface area (Å²) in [5.74, 6) is 0.479. The van der Waals surface area contributed by atoms with Crippen molar-refractivity contribution < 1.29 is 23.7 Å². The average Bonchev–Trinajstić information content (AvgIpc) is 2.78. The van der Waals surface area contributed by atoms with Crippen LogP contribution in [0.3, 0.4) is 0 Å². The fourth-order valence-electron chi connectivity index (χ4n) is 3.71. The molecule has 4 rings (SSSR count). The van der Waals surface area contributed by atoms with Crippen molar-refractivity contribution in [3.8, 4) is 29.1 Å². The molecule has 0 unspecified atom stereocenters. The third kappa shape index (κ3) is 4.54. The van der Waals surface area contributed by atoms with Crippen LogP contribution >= 0.6 is 22.6 Å². The summed E-state index contributed by atoms with van der Waals surface area (Å²) in [5, 5.41) is 19.7. The number of nitriles is 1. The van der Waals surface area contributed by atoms with Crippen molar-refractivity contribution in [1.82, 2.24) is 0 Å². The van der Waals surface area contributed by atoms with E-state index in [1.54, 1.807) is 30.3 Å². The molecule has 0 fully saturated rings. The highest BCUT2D eigenvalue weighted by molar-refractivity contribution is 14.1. The van der Waals surface area contributed by atoms with E-state index in [-0.39, 0.29) is 29.6 Å². The minimum atomic E-state index is -0.521. The highest BCUT2D eigenvalue weighted by Gasteiger charge is 2.32. The van der Waals surface area contributed by atoms with Gasteiger partial charge in [-0.1, -0.05) is 24.3 Å². The Morgan fingerprint density at radius 2 is 1.97 bits per heavy atom. The summed E-state index contributed by atoms with van der Waals surface area (Å²) >= 11 is 2.13. The van der Waals surface area contributed by atoms with Crippen molar-refractivity contribution in [3.05, 3.63) is 92.1 Å². The Morgan fingerprint density at radius 1 is 1.18 bits per heavy atom. The second-order valence-corrected chi connectivity index (χ2v) is 8.45. The van der Waals surface area contributed by atoms with E-state index in [1.165, 1.54) is 18.2 Å². The lowest BCUT2D eigenvalue weighted by Crippen LogP contribution is -2.21. The van der Waals surface area contributed by atoms with Crippen molar-refractivity contribution in [2.75, 3.05) is 6.61 Å². The second kappa shape index (κ2) is 9.58. The Kier molecular flexibility index (Phi) is 6.60. The third-order valence-corrected chi connectivity index (χ3v) is 6.00. The molecule has 0 amide bonds. The van der Waals surface area contributed by atoms with Crippen LogP contribution in [0.2, 0.25) is 0 Å². The molecule has 168 valence electrons. The lowest BCUT2D eigenvalue weighted by atomic mass is 9.83. The summed E-state index contributed by atoms with van der Waals surface area (Å²) in [6.45, 7) is 2.28. The Labute approximate surface area is 204 Å². The zero-order valence-electron chi connectivity index (χ0n) is 17.6. The lowest BCUT2D eigenvalue weighted by Gasteiger charge is -2.27. The van der Waals surface area contributed by atoms with Gasteiger partial charge in [0.15, 0.2) is 11.5 Å². The van der Waals surface area contributed by atoms with Crippen molar-refractivity contribution >= 4 is 22.6 Å². The number of ether oxygens (including phenoxy) is 3. The molecule has 3 aromatic carbocycles. The molecule has 6 nitrogen and oxygen atoms in total. The van der Waals surface area contributed by atoms with Crippen molar-refractivity contribution in [3.63, 3.8) is 0 Å². The van der Waals surface area contributed by atoms with Gasteiger partial charge < -0.3 is 25.1 Å². The first-order valence-corrected chi connectivity index (χ1v) is 11.2. The van der Waals surface area contributed by atoms with Crippen molar-refractivity contribution in [1.29, 1.82) is 5.26 Å². The molecule has 3 N–H and O–H groups in total. The molecule has 33 heavy (non-hydrogen) atoms. The fourth-order valence-corrected chi connectivity index (χ4v) is 4.49. The number of phenolic OH excluding ortho intramolecular Hbond substituents is 1. The largest absolute Gasteiger partial charge is 0.508 e. The van der Waals surface area contributed by atoms with E-state index < -0.39 is 5.92 Å². The first-order valence-electron chi connectivity index (χ1n) is 10.2. The van der Waals surface area contributed by atoms with Gasteiger partial charge in [-0.05, 0) is 59.3 Å². The van der Waals surface area contributed by atoms with Crippen LogP contribution in [0, 0.1) is 20.7 Å². The van der Waals surface area contributed by atoms with Crippen LogP contribution in [0.25, 0.3) is 0 Å². The molecule has 0 bridgehead atoms. The van der Waals surface area contributed by atoms with Gasteiger partial charge in [0.1, 0.15) is 35.6 Å². The topological polar surface area (TPSA) is 97.7 Å². The minimum absolute atomic E-state index is 0.0200. The van der Waals surface area contributed by atoms with Gasteiger partial charge in [0.25, 0.3) is 0 Å². The molecule has 1 atom stereocenters. The third-order valence-electron chi connectivity index (χ3n) is 5.20. The maximum Gasteiger partial charge on any atom is 0.205 e. The molecular weight excluding hydrogens is 538 g/mol. The van der Waals surface area contributed by atoms with Crippen LogP contribution in [0.4, 0.5) is 4.39 Å². The summed E-state index contributed by atoms with van der Waals surface area (Å²) < 4.78 is 32.2. The summed E-state index contributed by atoms with van der Waals surface area (Å²) in [6.07, 6.45) is 0. The van der Waals surface area contributed by atoms with E-state index in [0.717, 1.165) is 9.13 Å². The second-order valence-electron chi connectivity index (χ2n) is 7.29. The molecular formula is C25H20FIN2O4. The van der Waals surface area contributed by atoms with E-state index in [1.807, 2.05) is 13.0 Å². The van der Waals surface area contributed by atoms with E-state index in [2.05, 4.69) is 28.7 Å². The minimum Gasteiger partial charge on any atom is -0.508 e. The normalized spacial score (nSPS) is 14.8. The number of rotatable bonds is 6. The van der Waals surface area contributed by atoms with Crippen LogP contribution in [0.15, 0.2) is 66.1 Å². The van der Waals surface area contributed by atoms with Crippen molar-refractivity contribution in [2.45, 2.75) is 19.4 Å². The standard InChI is InChI=1S/C25H20FIN2O4/c1-2-31-22-10-15(9-20(27)24(22)32-13-14-5-3-4-6-19(14)26)23-17-8-7-16(30)11-21(17)33-25(29)18(23)12-28/h3-11,23,30H,2,13,29H2,1H3/t23-/m1/s1. The molecule has 1 aliphatic rings. The zero-order chi connectivity index (χ0) is 23.5. The number of allylic oxidation sites excluding steroid dienone is 1. The van der Waals surface area contributed by atoms with Crippen LogP contribution in [0.5, 0.6) is 23.0 Å². The SMILES string of the molecule is CCOc1cc([C@H]2C(C#N)=C(N)Oc3cc(O)ccc32)cc(I)c1OCc1ccccc1F. The molecule has 0 saturated heterocycles. The highest BCUT2D eigenvalue weighted by atomic mass is 127. The maximum atomic E-state index is 14.0. The zero-order valence-corrected chi connectivity index (χ0v) is 19.8. The van der Waals surface area contributed by atoms with Crippen LogP contribution in [-0.4, -0.2) is 11.7 Å². The number of fused-ring (bicyclic) bond motifs is 1. The van der Waals surface area contributed by atoms with Gasteiger partial charge in [-0.25, -0.2) is 4.39 Å². The Hall–Kier alpha value is -3.45. The van der Waals surface area contributed by atoms with E-state index >= 15 is 0 Å². The maximum absolute atomic E-state index is 14.0. The predicted octanol–water partition coefficient (Wildman–Crippen LogP) is 5.33. The monoisotopic (exact) mass is 558 g/mol. The molecule has 3 aromatic rings. The van der Waals surface area contributed by atoms with E-state index in [9.17, 15) is 14.8 Å².